The van der Waals surface area contributed by atoms with Crippen LogP contribution in [0.3, 0.4) is 0 Å². The molecule has 0 fully saturated rings. The van der Waals surface area contributed by atoms with E-state index in [4.69, 9.17) is 0 Å². The molecule has 1 aromatic carbocycles. The number of rotatable bonds is 5. The second-order valence-corrected chi connectivity index (χ2v) is 4.96. The molecule has 0 aromatic heterocycles. The van der Waals surface area contributed by atoms with Crippen LogP contribution in [0.15, 0.2) is 35.2 Å². The summed E-state index contributed by atoms with van der Waals surface area (Å²) in [6, 6.07) is 5.74. The standard InChI is InChI=1S/C14H16O3S/c1-4-18-13-7-5-10(2)9-11(13)12(15)6-8-14(16)17-3/h5-9H,4H2,1-3H3/b8-6+. The molecule has 0 heterocycles. The van der Waals surface area contributed by atoms with Crippen molar-refractivity contribution < 1.29 is 14.3 Å². The van der Waals surface area contributed by atoms with Crippen LogP contribution in [0.1, 0.15) is 22.8 Å². The Bertz CT molecular complexity index is 478. The molecule has 3 nitrogen and oxygen atoms in total. The molecule has 18 heavy (non-hydrogen) atoms. The summed E-state index contributed by atoms with van der Waals surface area (Å²) in [7, 11) is 1.28. The van der Waals surface area contributed by atoms with Gasteiger partial charge < -0.3 is 4.74 Å². The number of carbonyl (C=O) groups excluding carboxylic acids is 2. The van der Waals surface area contributed by atoms with Crippen molar-refractivity contribution in [1.82, 2.24) is 0 Å². The average molecular weight is 264 g/mol. The Balaban J connectivity index is 2.99. The van der Waals surface area contributed by atoms with Crippen molar-refractivity contribution in [2.24, 2.45) is 0 Å². The molecule has 0 aliphatic heterocycles. The van der Waals surface area contributed by atoms with Crippen molar-refractivity contribution in [3.8, 4) is 0 Å². The smallest absolute Gasteiger partial charge is 0.330 e. The summed E-state index contributed by atoms with van der Waals surface area (Å²) in [4.78, 5) is 23.9. The van der Waals surface area contributed by atoms with Gasteiger partial charge in [-0.1, -0.05) is 18.6 Å². The van der Waals surface area contributed by atoms with Crippen molar-refractivity contribution in [3.05, 3.63) is 41.5 Å². The number of hydrogen-bond donors (Lipinski definition) is 0. The predicted molar refractivity (Wildman–Crippen MR) is 73.1 cm³/mol. The van der Waals surface area contributed by atoms with Gasteiger partial charge in [-0.25, -0.2) is 4.79 Å². The molecule has 0 spiro atoms. The number of aryl methyl sites for hydroxylation is 1. The van der Waals surface area contributed by atoms with E-state index >= 15 is 0 Å². The van der Waals surface area contributed by atoms with E-state index in [2.05, 4.69) is 4.74 Å². The summed E-state index contributed by atoms with van der Waals surface area (Å²) in [5.41, 5.74) is 1.65. The largest absolute Gasteiger partial charge is 0.466 e. The fourth-order valence-corrected chi connectivity index (χ4v) is 2.21. The monoisotopic (exact) mass is 264 g/mol. The normalized spacial score (nSPS) is 10.6. The topological polar surface area (TPSA) is 43.4 Å². The fraction of sp³-hybridized carbons (Fsp3) is 0.286. The zero-order chi connectivity index (χ0) is 13.5. The third-order valence-electron chi connectivity index (χ3n) is 2.27. The van der Waals surface area contributed by atoms with Gasteiger partial charge in [0.25, 0.3) is 0 Å². The summed E-state index contributed by atoms with van der Waals surface area (Å²) in [5.74, 6) is 0.185. The minimum Gasteiger partial charge on any atom is -0.466 e. The van der Waals surface area contributed by atoms with Crippen LogP contribution in [0.4, 0.5) is 0 Å². The number of allylic oxidation sites excluding steroid dienone is 1. The molecule has 0 saturated carbocycles. The van der Waals surface area contributed by atoms with Gasteiger partial charge in [0.05, 0.1) is 7.11 Å². The van der Waals surface area contributed by atoms with Crippen LogP contribution in [-0.2, 0) is 9.53 Å². The maximum absolute atomic E-state index is 12.0. The lowest BCUT2D eigenvalue weighted by Gasteiger charge is -2.06. The lowest BCUT2D eigenvalue weighted by atomic mass is 10.1. The van der Waals surface area contributed by atoms with E-state index in [9.17, 15) is 9.59 Å². The third kappa shape index (κ3) is 4.04. The van der Waals surface area contributed by atoms with Gasteiger partial charge in [0.1, 0.15) is 0 Å². The number of hydrogen-bond acceptors (Lipinski definition) is 4. The minimum atomic E-state index is -0.527. The average Bonchev–Trinajstić information content (AvgIpc) is 2.37. The Morgan fingerprint density at radius 1 is 1.33 bits per heavy atom. The molecular formula is C14H16O3S. The number of thioether (sulfide) groups is 1. The third-order valence-corrected chi connectivity index (χ3v) is 3.23. The SMILES string of the molecule is CCSc1ccc(C)cc1C(=O)/C=C/C(=O)OC. The second-order valence-electron chi connectivity index (χ2n) is 3.65. The molecule has 1 rings (SSSR count). The van der Waals surface area contributed by atoms with Crippen LogP contribution in [-0.4, -0.2) is 24.6 Å². The van der Waals surface area contributed by atoms with E-state index in [0.29, 0.717) is 5.56 Å². The highest BCUT2D eigenvalue weighted by Crippen LogP contribution is 2.24. The highest BCUT2D eigenvalue weighted by Gasteiger charge is 2.09. The van der Waals surface area contributed by atoms with Crippen molar-refractivity contribution in [3.63, 3.8) is 0 Å². The van der Waals surface area contributed by atoms with Crippen LogP contribution >= 0.6 is 11.8 Å². The lowest BCUT2D eigenvalue weighted by molar-refractivity contribution is -0.134. The predicted octanol–water partition coefficient (Wildman–Crippen LogP) is 3.02. The number of ether oxygens (including phenoxy) is 1. The summed E-state index contributed by atoms with van der Waals surface area (Å²) < 4.78 is 4.45. The number of methoxy groups -OCH3 is 1. The summed E-state index contributed by atoms with van der Waals surface area (Å²) in [6.45, 7) is 3.96. The maximum atomic E-state index is 12.0. The maximum Gasteiger partial charge on any atom is 0.330 e. The molecular weight excluding hydrogens is 248 g/mol. The molecule has 1 aromatic rings. The molecule has 4 heteroatoms. The second kappa shape index (κ2) is 7.01. The Labute approximate surface area is 111 Å². The lowest BCUT2D eigenvalue weighted by Crippen LogP contribution is -2.01. The zero-order valence-corrected chi connectivity index (χ0v) is 11.5. The Hall–Kier alpha value is -1.55. The summed E-state index contributed by atoms with van der Waals surface area (Å²) >= 11 is 1.61. The highest BCUT2D eigenvalue weighted by atomic mass is 32.2. The van der Waals surface area contributed by atoms with Gasteiger partial charge in [0.15, 0.2) is 5.78 Å². The quantitative estimate of drug-likeness (QED) is 0.355. The zero-order valence-electron chi connectivity index (χ0n) is 10.7. The van der Waals surface area contributed by atoms with Crippen molar-refractivity contribution in [2.75, 3.05) is 12.9 Å². The van der Waals surface area contributed by atoms with Crippen LogP contribution in [0.2, 0.25) is 0 Å². The van der Waals surface area contributed by atoms with Gasteiger partial charge >= 0.3 is 5.97 Å². The number of esters is 1. The van der Waals surface area contributed by atoms with E-state index in [0.717, 1.165) is 22.3 Å². The van der Waals surface area contributed by atoms with E-state index in [-0.39, 0.29) is 5.78 Å². The Morgan fingerprint density at radius 2 is 2.06 bits per heavy atom. The summed E-state index contributed by atoms with van der Waals surface area (Å²) in [6.07, 6.45) is 2.39. The van der Waals surface area contributed by atoms with Crippen LogP contribution in [0, 0.1) is 6.92 Å². The Morgan fingerprint density at radius 3 is 2.67 bits per heavy atom. The van der Waals surface area contributed by atoms with Crippen LogP contribution in [0.25, 0.3) is 0 Å². The molecule has 0 atom stereocenters. The Kier molecular flexibility index (Phi) is 5.65. The first-order valence-electron chi connectivity index (χ1n) is 5.62. The highest BCUT2D eigenvalue weighted by molar-refractivity contribution is 7.99. The van der Waals surface area contributed by atoms with Crippen molar-refractivity contribution >= 4 is 23.5 Å². The van der Waals surface area contributed by atoms with Crippen molar-refractivity contribution in [2.45, 2.75) is 18.7 Å². The van der Waals surface area contributed by atoms with E-state index in [1.165, 1.54) is 13.2 Å². The molecule has 0 radical (unpaired) electrons. The molecule has 0 aliphatic carbocycles. The van der Waals surface area contributed by atoms with Gasteiger partial charge in [0.2, 0.25) is 0 Å². The molecule has 0 saturated heterocycles. The summed E-state index contributed by atoms with van der Waals surface area (Å²) in [5, 5.41) is 0. The van der Waals surface area contributed by atoms with Gasteiger partial charge in [-0.15, -0.1) is 11.8 Å². The van der Waals surface area contributed by atoms with Gasteiger partial charge in [-0.2, -0.15) is 0 Å². The van der Waals surface area contributed by atoms with Gasteiger partial charge in [-0.05, 0) is 30.9 Å². The van der Waals surface area contributed by atoms with E-state index in [1.807, 2.05) is 32.0 Å². The number of benzene rings is 1. The molecule has 0 N–H and O–H groups in total. The first-order chi connectivity index (χ1) is 8.58. The molecule has 0 amide bonds. The van der Waals surface area contributed by atoms with Crippen LogP contribution < -0.4 is 0 Å². The van der Waals surface area contributed by atoms with Crippen LogP contribution in [0.5, 0.6) is 0 Å². The molecule has 96 valence electrons. The molecule has 0 unspecified atom stereocenters. The van der Waals surface area contributed by atoms with Crippen molar-refractivity contribution in [1.29, 1.82) is 0 Å². The molecule has 0 bridgehead atoms. The first kappa shape index (κ1) is 14.5. The fourth-order valence-electron chi connectivity index (χ4n) is 1.42. The van der Waals surface area contributed by atoms with E-state index in [1.54, 1.807) is 11.8 Å². The first-order valence-corrected chi connectivity index (χ1v) is 6.60. The van der Waals surface area contributed by atoms with Gasteiger partial charge in [0, 0.05) is 16.5 Å². The molecule has 0 aliphatic rings. The number of ketones is 1. The number of carbonyl (C=O) groups is 2. The van der Waals surface area contributed by atoms with E-state index < -0.39 is 5.97 Å². The minimum absolute atomic E-state index is 0.181. The van der Waals surface area contributed by atoms with Gasteiger partial charge in [-0.3, -0.25) is 4.79 Å².